The molecule has 0 N–H and O–H groups in total. The summed E-state index contributed by atoms with van der Waals surface area (Å²) in [7, 11) is 1.76. The summed E-state index contributed by atoms with van der Waals surface area (Å²) in [4.78, 5) is 40.1. The molecule has 2 aromatic heterocycles. The van der Waals surface area contributed by atoms with Crippen LogP contribution in [0.1, 0.15) is 19.4 Å². The van der Waals surface area contributed by atoms with Crippen molar-refractivity contribution in [1.29, 1.82) is 0 Å². The van der Waals surface area contributed by atoms with Crippen LogP contribution in [0.4, 0.5) is 5.82 Å². The van der Waals surface area contributed by atoms with Crippen LogP contribution in [0.3, 0.4) is 0 Å². The quantitative estimate of drug-likeness (QED) is 0.698. The maximum atomic E-state index is 13.1. The third-order valence-electron chi connectivity index (χ3n) is 5.44. The molecule has 3 rings (SSSR count). The van der Waals surface area contributed by atoms with Gasteiger partial charge in [0.1, 0.15) is 11.2 Å². The van der Waals surface area contributed by atoms with Crippen molar-refractivity contribution in [3.05, 3.63) is 54.5 Å². The first-order chi connectivity index (χ1) is 13.9. The Hall–Kier alpha value is -2.96. The smallest absolute Gasteiger partial charge is 0.237 e. The molecule has 2 aromatic rings. The molecule has 154 valence electrons. The minimum Gasteiger partial charge on any atom is -0.353 e. The second kappa shape index (κ2) is 9.03. The van der Waals surface area contributed by atoms with Gasteiger partial charge in [0.25, 0.3) is 0 Å². The Kier molecular flexibility index (Phi) is 6.46. The third kappa shape index (κ3) is 4.91. The van der Waals surface area contributed by atoms with Crippen molar-refractivity contribution in [2.24, 2.45) is 5.41 Å². The van der Waals surface area contributed by atoms with Gasteiger partial charge in [0.05, 0.1) is 0 Å². The molecule has 0 bridgehead atoms. The van der Waals surface area contributed by atoms with Crippen LogP contribution in [0, 0.1) is 5.41 Å². The van der Waals surface area contributed by atoms with E-state index >= 15 is 0 Å². The molecular formula is C22H29N5O2. The van der Waals surface area contributed by atoms with E-state index in [2.05, 4.69) is 14.9 Å². The second-order valence-electron chi connectivity index (χ2n) is 7.92. The van der Waals surface area contributed by atoms with Gasteiger partial charge in [-0.3, -0.25) is 14.6 Å². The van der Waals surface area contributed by atoms with Gasteiger partial charge >= 0.3 is 0 Å². The summed E-state index contributed by atoms with van der Waals surface area (Å²) in [5.74, 6) is 0.661. The average molecular weight is 396 g/mol. The Bertz CT molecular complexity index is 818. The van der Waals surface area contributed by atoms with Crippen LogP contribution < -0.4 is 4.90 Å². The Labute approximate surface area is 172 Å². The van der Waals surface area contributed by atoms with E-state index in [-0.39, 0.29) is 11.8 Å². The minimum absolute atomic E-state index is 0.112. The van der Waals surface area contributed by atoms with Crippen molar-refractivity contribution in [2.45, 2.75) is 20.3 Å². The number of carbonyl (C=O) groups excluding carboxylic acids is 2. The van der Waals surface area contributed by atoms with E-state index in [0.717, 1.165) is 17.8 Å². The maximum absolute atomic E-state index is 13.1. The molecule has 29 heavy (non-hydrogen) atoms. The topological polar surface area (TPSA) is 69.6 Å². The normalized spacial score (nSPS) is 14.6. The first-order valence-electron chi connectivity index (χ1n) is 9.99. The molecule has 0 unspecified atom stereocenters. The monoisotopic (exact) mass is 395 g/mol. The Morgan fingerprint density at radius 1 is 1.03 bits per heavy atom. The largest absolute Gasteiger partial charge is 0.353 e. The van der Waals surface area contributed by atoms with Gasteiger partial charge < -0.3 is 14.7 Å². The van der Waals surface area contributed by atoms with Gasteiger partial charge in [-0.05, 0) is 50.1 Å². The van der Waals surface area contributed by atoms with Crippen molar-refractivity contribution in [3.63, 3.8) is 0 Å². The molecule has 0 spiro atoms. The zero-order valence-corrected chi connectivity index (χ0v) is 17.4. The van der Waals surface area contributed by atoms with Crippen molar-refractivity contribution in [3.8, 4) is 0 Å². The highest BCUT2D eigenvalue weighted by Gasteiger charge is 2.41. The third-order valence-corrected chi connectivity index (χ3v) is 5.44. The Morgan fingerprint density at radius 2 is 1.72 bits per heavy atom. The molecule has 2 amide bonds. The van der Waals surface area contributed by atoms with Crippen LogP contribution in [0.25, 0.3) is 0 Å². The summed E-state index contributed by atoms with van der Waals surface area (Å²) in [5, 5.41) is 0. The first kappa shape index (κ1) is 20.8. The fraction of sp³-hybridized carbons (Fsp3) is 0.455. The lowest BCUT2D eigenvalue weighted by atomic mass is 9.89. The predicted octanol–water partition coefficient (Wildman–Crippen LogP) is 1.85. The molecule has 1 aliphatic rings. The minimum atomic E-state index is -1.08. The fourth-order valence-electron chi connectivity index (χ4n) is 3.59. The fourth-order valence-corrected chi connectivity index (χ4v) is 3.59. The maximum Gasteiger partial charge on any atom is 0.237 e. The van der Waals surface area contributed by atoms with Gasteiger partial charge in [0.2, 0.25) is 11.8 Å². The van der Waals surface area contributed by atoms with Gasteiger partial charge in [0, 0.05) is 58.4 Å². The van der Waals surface area contributed by atoms with Crippen LogP contribution in [0.15, 0.2) is 48.9 Å². The Balaban J connectivity index is 1.55. The van der Waals surface area contributed by atoms with Crippen LogP contribution >= 0.6 is 0 Å². The van der Waals surface area contributed by atoms with Gasteiger partial charge in [-0.2, -0.15) is 0 Å². The summed E-state index contributed by atoms with van der Waals surface area (Å²) >= 11 is 0. The lowest BCUT2D eigenvalue weighted by Gasteiger charge is -2.39. The van der Waals surface area contributed by atoms with E-state index < -0.39 is 5.41 Å². The van der Waals surface area contributed by atoms with E-state index in [9.17, 15) is 9.59 Å². The number of hydrogen-bond acceptors (Lipinski definition) is 5. The second-order valence-corrected chi connectivity index (χ2v) is 7.92. The number of likely N-dealkylation sites (N-methyl/N-ethyl adjacent to an activating group) is 1. The molecule has 0 aliphatic carbocycles. The van der Waals surface area contributed by atoms with Crippen LogP contribution in [0.5, 0.6) is 0 Å². The molecule has 0 radical (unpaired) electrons. The average Bonchev–Trinajstić information content (AvgIpc) is 2.77. The lowest BCUT2D eigenvalue weighted by Crippen LogP contribution is -2.55. The van der Waals surface area contributed by atoms with Crippen molar-refractivity contribution >= 4 is 17.6 Å². The zero-order chi connectivity index (χ0) is 20.9. The number of piperazine rings is 1. The van der Waals surface area contributed by atoms with Crippen molar-refractivity contribution < 1.29 is 9.59 Å². The van der Waals surface area contributed by atoms with Crippen LogP contribution in [0.2, 0.25) is 0 Å². The standard InChI is InChI=1S/C22H29N5O2/c1-22(2,20(28)25(3)13-9-18-7-11-23-12-8-18)21(29)27-16-14-26(15-17-27)19-6-4-5-10-24-19/h4-8,10-12H,9,13-17H2,1-3H3. The molecule has 7 nitrogen and oxygen atoms in total. The van der Waals surface area contributed by atoms with Gasteiger partial charge in [0.15, 0.2) is 0 Å². The highest BCUT2D eigenvalue weighted by Crippen LogP contribution is 2.24. The highest BCUT2D eigenvalue weighted by molar-refractivity contribution is 6.04. The number of aromatic nitrogens is 2. The number of anilines is 1. The number of amides is 2. The van der Waals surface area contributed by atoms with Gasteiger partial charge in [-0.1, -0.05) is 6.07 Å². The van der Waals surface area contributed by atoms with Crippen LogP contribution in [-0.4, -0.2) is 71.4 Å². The Morgan fingerprint density at radius 3 is 2.34 bits per heavy atom. The number of rotatable bonds is 6. The molecule has 1 saturated heterocycles. The lowest BCUT2D eigenvalue weighted by molar-refractivity contribution is -0.153. The molecule has 0 aromatic carbocycles. The predicted molar refractivity (Wildman–Crippen MR) is 112 cm³/mol. The van der Waals surface area contributed by atoms with Gasteiger partial charge in [-0.15, -0.1) is 0 Å². The summed E-state index contributed by atoms with van der Waals surface area (Å²) in [6.07, 6.45) is 6.00. The highest BCUT2D eigenvalue weighted by atomic mass is 16.2. The SMILES string of the molecule is CN(CCc1ccncc1)C(=O)C(C)(C)C(=O)N1CCN(c2ccccn2)CC1. The zero-order valence-electron chi connectivity index (χ0n) is 17.4. The molecule has 0 atom stereocenters. The van der Waals surface area contributed by atoms with Crippen molar-refractivity contribution in [1.82, 2.24) is 19.8 Å². The molecule has 0 saturated carbocycles. The van der Waals surface area contributed by atoms with E-state index in [1.54, 1.807) is 49.3 Å². The van der Waals surface area contributed by atoms with Crippen LogP contribution in [-0.2, 0) is 16.0 Å². The number of hydrogen-bond donors (Lipinski definition) is 0. The van der Waals surface area contributed by atoms with E-state index in [0.29, 0.717) is 32.7 Å². The van der Waals surface area contributed by atoms with E-state index in [1.165, 1.54) is 0 Å². The van der Waals surface area contributed by atoms with E-state index in [1.807, 2.05) is 30.3 Å². The number of pyridine rings is 2. The van der Waals surface area contributed by atoms with Gasteiger partial charge in [-0.25, -0.2) is 4.98 Å². The summed E-state index contributed by atoms with van der Waals surface area (Å²) in [6, 6.07) is 9.71. The summed E-state index contributed by atoms with van der Waals surface area (Å²) in [5.41, 5.74) is 0.0367. The van der Waals surface area contributed by atoms with E-state index in [4.69, 9.17) is 0 Å². The number of nitrogens with zero attached hydrogens (tertiary/aromatic N) is 5. The molecule has 1 aliphatic heterocycles. The summed E-state index contributed by atoms with van der Waals surface area (Å²) < 4.78 is 0. The first-order valence-corrected chi connectivity index (χ1v) is 9.99. The summed E-state index contributed by atoms with van der Waals surface area (Å²) in [6.45, 7) is 6.62. The van der Waals surface area contributed by atoms with Crippen molar-refractivity contribution in [2.75, 3.05) is 44.7 Å². The molecule has 7 heteroatoms. The molecule has 1 fully saturated rings. The molecular weight excluding hydrogens is 366 g/mol. The molecule has 3 heterocycles. The number of carbonyl (C=O) groups is 2.